The number of hydrogen-bond donors (Lipinski definition) is 2. The fourth-order valence-corrected chi connectivity index (χ4v) is 4.98. The number of H-pyrrole nitrogens is 1. The number of hydrogen-bond acceptors (Lipinski definition) is 7. The van der Waals surface area contributed by atoms with E-state index in [2.05, 4.69) is 30.5 Å². The molecule has 37 heavy (non-hydrogen) atoms. The Bertz CT molecular complexity index is 1710. The van der Waals surface area contributed by atoms with Crippen molar-refractivity contribution >= 4 is 17.4 Å². The third-order valence-corrected chi connectivity index (χ3v) is 6.81. The lowest BCUT2D eigenvalue weighted by Crippen LogP contribution is -2.24. The second-order valence-corrected chi connectivity index (χ2v) is 9.20. The SMILES string of the molecule is C[C@H]1C[C@H](c2ncc(-c3ccc(N)nc3F)[nH]2)n2c1cc(-c1c(-n3cnnn3)ccc(Cl)c1F)cc2=O. The highest BCUT2D eigenvalue weighted by molar-refractivity contribution is 6.31. The Kier molecular flexibility index (Phi) is 5.33. The third-order valence-electron chi connectivity index (χ3n) is 6.52. The molecule has 0 saturated carbocycles. The van der Waals surface area contributed by atoms with Gasteiger partial charge in [0.1, 0.15) is 18.0 Å². The van der Waals surface area contributed by atoms with E-state index < -0.39 is 17.8 Å². The third kappa shape index (κ3) is 3.76. The number of aromatic nitrogens is 8. The highest BCUT2D eigenvalue weighted by Crippen LogP contribution is 2.41. The summed E-state index contributed by atoms with van der Waals surface area (Å²) in [6, 6.07) is 8.70. The molecule has 0 radical (unpaired) electrons. The fourth-order valence-electron chi connectivity index (χ4n) is 4.82. The topological polar surface area (TPSA) is 133 Å². The second kappa shape index (κ2) is 8.59. The predicted molar refractivity (Wildman–Crippen MR) is 131 cm³/mol. The van der Waals surface area contributed by atoms with Gasteiger partial charge in [0.15, 0.2) is 5.82 Å². The van der Waals surface area contributed by atoms with Crippen LogP contribution in [0.4, 0.5) is 14.6 Å². The number of nitrogen functional groups attached to an aromatic ring is 1. The first-order valence-electron chi connectivity index (χ1n) is 11.3. The van der Waals surface area contributed by atoms with Crippen molar-refractivity contribution in [2.24, 2.45) is 0 Å². The van der Waals surface area contributed by atoms with Crippen LogP contribution in [0.1, 0.15) is 36.8 Å². The molecule has 13 heteroatoms. The molecule has 0 amide bonds. The zero-order valence-corrected chi connectivity index (χ0v) is 20.0. The average Bonchev–Trinajstić information content (AvgIpc) is 3.62. The lowest BCUT2D eigenvalue weighted by atomic mass is 9.99. The molecule has 186 valence electrons. The Morgan fingerprint density at radius 3 is 2.78 bits per heavy atom. The fraction of sp³-hybridized carbons (Fsp3) is 0.167. The lowest BCUT2D eigenvalue weighted by Gasteiger charge is -2.16. The van der Waals surface area contributed by atoms with E-state index in [1.165, 1.54) is 41.5 Å². The standard InChI is InChI=1S/C24H18ClF2N9O/c1-11-6-18(24-29-9-15(31-24)13-2-5-19(28)32-23(13)27)36-17(11)7-12(8-20(36)37)21-16(35-10-30-33-34-35)4-3-14(25)22(21)26/h2-5,7-11,18H,6H2,1H3,(H2,28,32)(H,29,31)/t11-,18+/m0/s1. The van der Waals surface area contributed by atoms with Crippen LogP contribution in [0, 0.1) is 11.8 Å². The Balaban J connectivity index is 1.44. The van der Waals surface area contributed by atoms with Gasteiger partial charge in [0.25, 0.3) is 5.56 Å². The number of fused-ring (bicyclic) bond motifs is 1. The van der Waals surface area contributed by atoms with E-state index in [4.69, 9.17) is 17.3 Å². The maximum atomic E-state index is 15.3. The van der Waals surface area contributed by atoms with Crippen molar-refractivity contribution in [2.75, 3.05) is 5.73 Å². The van der Waals surface area contributed by atoms with E-state index in [0.29, 0.717) is 34.9 Å². The summed E-state index contributed by atoms with van der Waals surface area (Å²) in [6.07, 6.45) is 3.39. The van der Waals surface area contributed by atoms with Crippen LogP contribution in [-0.4, -0.2) is 39.7 Å². The van der Waals surface area contributed by atoms with Crippen molar-refractivity contribution in [3.05, 3.63) is 87.6 Å². The highest BCUT2D eigenvalue weighted by Gasteiger charge is 2.33. The van der Waals surface area contributed by atoms with Gasteiger partial charge in [-0.1, -0.05) is 18.5 Å². The zero-order valence-electron chi connectivity index (χ0n) is 19.2. The number of nitrogens with zero attached hydrogens (tertiary/aromatic N) is 7. The number of nitrogens with one attached hydrogen (secondary N) is 1. The van der Waals surface area contributed by atoms with Crippen LogP contribution in [0.3, 0.4) is 0 Å². The summed E-state index contributed by atoms with van der Waals surface area (Å²) in [5.41, 5.74) is 7.34. The molecule has 2 atom stereocenters. The van der Waals surface area contributed by atoms with Gasteiger partial charge in [-0.2, -0.15) is 9.07 Å². The Labute approximate surface area is 212 Å². The van der Waals surface area contributed by atoms with Crippen molar-refractivity contribution in [1.82, 2.24) is 39.7 Å². The number of aromatic amines is 1. The average molecular weight is 522 g/mol. The molecule has 3 N–H and O–H groups in total. The lowest BCUT2D eigenvalue weighted by molar-refractivity contribution is 0.556. The number of rotatable bonds is 4. The molecule has 0 fully saturated rings. The van der Waals surface area contributed by atoms with Crippen LogP contribution >= 0.6 is 11.6 Å². The summed E-state index contributed by atoms with van der Waals surface area (Å²) in [5, 5.41) is 11.0. The van der Waals surface area contributed by atoms with Crippen LogP contribution < -0.4 is 11.3 Å². The molecule has 5 heterocycles. The number of halogens is 3. The van der Waals surface area contributed by atoms with Gasteiger partial charge in [0.2, 0.25) is 5.95 Å². The van der Waals surface area contributed by atoms with Gasteiger partial charge in [-0.25, -0.2) is 14.4 Å². The molecule has 0 spiro atoms. The molecular weight excluding hydrogens is 504 g/mol. The maximum Gasteiger partial charge on any atom is 0.252 e. The minimum atomic E-state index is -0.723. The molecule has 1 aliphatic rings. The summed E-state index contributed by atoms with van der Waals surface area (Å²) in [5.74, 6) is -0.897. The van der Waals surface area contributed by atoms with Gasteiger partial charge < -0.3 is 15.3 Å². The summed E-state index contributed by atoms with van der Waals surface area (Å²) in [6.45, 7) is 1.97. The van der Waals surface area contributed by atoms with E-state index >= 15 is 4.39 Å². The van der Waals surface area contributed by atoms with Crippen LogP contribution in [0.25, 0.3) is 28.1 Å². The molecule has 0 aliphatic carbocycles. The maximum absolute atomic E-state index is 15.3. The Morgan fingerprint density at radius 2 is 2.03 bits per heavy atom. The summed E-state index contributed by atoms with van der Waals surface area (Å²) in [7, 11) is 0. The van der Waals surface area contributed by atoms with Gasteiger partial charge in [-0.15, -0.1) is 5.10 Å². The van der Waals surface area contributed by atoms with Gasteiger partial charge in [0, 0.05) is 17.3 Å². The number of tetrazole rings is 1. The van der Waals surface area contributed by atoms with Crippen molar-refractivity contribution in [3.63, 3.8) is 0 Å². The molecule has 0 unspecified atom stereocenters. The smallest absolute Gasteiger partial charge is 0.252 e. The first-order chi connectivity index (χ1) is 17.8. The largest absolute Gasteiger partial charge is 0.384 e. The molecule has 10 nitrogen and oxygen atoms in total. The van der Waals surface area contributed by atoms with Crippen molar-refractivity contribution in [2.45, 2.75) is 25.3 Å². The predicted octanol–water partition coefficient (Wildman–Crippen LogP) is 3.89. The van der Waals surface area contributed by atoms with Crippen LogP contribution in [0.2, 0.25) is 5.02 Å². The van der Waals surface area contributed by atoms with Crippen molar-refractivity contribution in [1.29, 1.82) is 0 Å². The normalized spacial score (nSPS) is 16.8. The van der Waals surface area contributed by atoms with Crippen molar-refractivity contribution in [3.8, 4) is 28.1 Å². The first kappa shape index (κ1) is 23.0. The minimum Gasteiger partial charge on any atom is -0.384 e. The monoisotopic (exact) mass is 521 g/mol. The van der Waals surface area contributed by atoms with Gasteiger partial charge in [-0.05, 0) is 58.7 Å². The summed E-state index contributed by atoms with van der Waals surface area (Å²) >= 11 is 6.09. The Hall–Kier alpha value is -4.45. The number of pyridine rings is 2. The Morgan fingerprint density at radius 1 is 1.19 bits per heavy atom. The molecule has 1 aromatic carbocycles. The zero-order chi connectivity index (χ0) is 25.8. The quantitative estimate of drug-likeness (QED) is 0.343. The van der Waals surface area contributed by atoms with Crippen LogP contribution in [-0.2, 0) is 0 Å². The molecule has 6 rings (SSSR count). The number of anilines is 1. The van der Waals surface area contributed by atoms with Crippen LogP contribution in [0.5, 0.6) is 0 Å². The van der Waals surface area contributed by atoms with Gasteiger partial charge >= 0.3 is 0 Å². The van der Waals surface area contributed by atoms with E-state index in [-0.39, 0.29) is 33.4 Å². The molecule has 0 saturated heterocycles. The molecule has 5 aromatic rings. The van der Waals surface area contributed by atoms with Gasteiger partial charge in [0.05, 0.1) is 34.2 Å². The number of nitrogens with two attached hydrogens (primary N) is 1. The number of benzene rings is 1. The molecular formula is C24H18ClF2N9O. The highest BCUT2D eigenvalue weighted by atomic mass is 35.5. The van der Waals surface area contributed by atoms with E-state index in [9.17, 15) is 9.18 Å². The van der Waals surface area contributed by atoms with E-state index in [1.807, 2.05) is 6.92 Å². The molecule has 0 bridgehead atoms. The van der Waals surface area contributed by atoms with E-state index in [1.54, 1.807) is 16.7 Å². The number of imidazole rings is 1. The van der Waals surface area contributed by atoms with Crippen LogP contribution in [0.15, 0.2) is 53.7 Å². The molecule has 4 aromatic heterocycles. The minimum absolute atomic E-state index is 0.0557. The molecule has 1 aliphatic heterocycles. The first-order valence-corrected chi connectivity index (χ1v) is 11.6. The summed E-state index contributed by atoms with van der Waals surface area (Å²) in [4.78, 5) is 24.6. The van der Waals surface area contributed by atoms with Gasteiger partial charge in [-0.3, -0.25) is 4.79 Å². The van der Waals surface area contributed by atoms with E-state index in [0.717, 1.165) is 0 Å². The summed E-state index contributed by atoms with van der Waals surface area (Å²) < 4.78 is 32.6. The van der Waals surface area contributed by atoms with Crippen molar-refractivity contribution < 1.29 is 8.78 Å². The second-order valence-electron chi connectivity index (χ2n) is 8.80.